The van der Waals surface area contributed by atoms with Crippen LogP contribution in [0.15, 0.2) is 0 Å². The van der Waals surface area contributed by atoms with Crippen LogP contribution in [0.2, 0.25) is 0 Å². The third kappa shape index (κ3) is 3.71. The average Bonchev–Trinajstić information content (AvgIpc) is 3.01. The molecule has 0 amide bonds. The second-order valence-electron chi connectivity index (χ2n) is 12.8. The van der Waals surface area contributed by atoms with Crippen LogP contribution in [0, 0.1) is 46.3 Å². The standard InChI is InChI=1S/C27H46Br2O/c1-17(2)7-6-8-18(3)21-9-10-22-20-15-24(28)27(29)16-19(30)11-14-26(27,5)23(20)12-13-25(21,22)4/h17-24,30H,6-16H2,1-5H3/t18-,19+,20-,21-,22+,23-,24-,25+,26+,27-/m0/s1. The van der Waals surface area contributed by atoms with Gasteiger partial charge in [-0.3, -0.25) is 0 Å². The molecule has 30 heavy (non-hydrogen) atoms. The highest BCUT2D eigenvalue weighted by molar-refractivity contribution is 9.12. The van der Waals surface area contributed by atoms with E-state index in [4.69, 9.17) is 0 Å². The van der Waals surface area contributed by atoms with Crippen LogP contribution in [0.3, 0.4) is 0 Å². The van der Waals surface area contributed by atoms with Crippen molar-refractivity contribution in [3.8, 4) is 0 Å². The van der Waals surface area contributed by atoms with Crippen molar-refractivity contribution in [1.29, 1.82) is 0 Å². The van der Waals surface area contributed by atoms with Gasteiger partial charge in [-0.2, -0.15) is 0 Å². The van der Waals surface area contributed by atoms with Gasteiger partial charge in [0.05, 0.1) is 6.10 Å². The second kappa shape index (κ2) is 8.61. The lowest BCUT2D eigenvalue weighted by Crippen LogP contribution is -2.64. The van der Waals surface area contributed by atoms with E-state index < -0.39 is 0 Å². The molecule has 0 radical (unpaired) electrons. The molecule has 0 aliphatic heterocycles. The molecule has 1 N–H and O–H groups in total. The number of hydrogen-bond acceptors (Lipinski definition) is 1. The fourth-order valence-electron chi connectivity index (χ4n) is 9.19. The molecule has 0 unspecified atom stereocenters. The maximum atomic E-state index is 10.5. The Balaban J connectivity index is 1.53. The molecule has 4 saturated carbocycles. The molecule has 3 heteroatoms. The highest BCUT2D eigenvalue weighted by Gasteiger charge is 2.66. The van der Waals surface area contributed by atoms with Crippen LogP contribution in [0.5, 0.6) is 0 Å². The minimum Gasteiger partial charge on any atom is -0.393 e. The first-order valence-corrected chi connectivity index (χ1v) is 14.7. The first-order valence-electron chi connectivity index (χ1n) is 13.0. The lowest BCUT2D eigenvalue weighted by atomic mass is 9.44. The van der Waals surface area contributed by atoms with Gasteiger partial charge < -0.3 is 5.11 Å². The molecule has 4 rings (SSSR count). The van der Waals surface area contributed by atoms with Gasteiger partial charge in [0.25, 0.3) is 0 Å². The topological polar surface area (TPSA) is 20.2 Å². The molecule has 10 atom stereocenters. The van der Waals surface area contributed by atoms with Gasteiger partial charge in [-0.15, -0.1) is 0 Å². The number of fused-ring (bicyclic) bond motifs is 5. The van der Waals surface area contributed by atoms with Crippen molar-refractivity contribution in [2.45, 2.75) is 121 Å². The van der Waals surface area contributed by atoms with Crippen LogP contribution < -0.4 is 0 Å². The Hall–Kier alpha value is 0.920. The molecule has 0 saturated heterocycles. The number of hydrogen-bond donors (Lipinski definition) is 1. The van der Waals surface area contributed by atoms with Crippen LogP contribution in [0.4, 0.5) is 0 Å². The van der Waals surface area contributed by atoms with Crippen molar-refractivity contribution in [2.24, 2.45) is 46.3 Å². The Bertz CT molecular complexity index is 622. The van der Waals surface area contributed by atoms with Crippen molar-refractivity contribution < 1.29 is 5.11 Å². The number of aliphatic hydroxyl groups is 1. The van der Waals surface area contributed by atoms with Gasteiger partial charge in [-0.1, -0.05) is 85.7 Å². The monoisotopic (exact) mass is 544 g/mol. The van der Waals surface area contributed by atoms with E-state index in [9.17, 15) is 5.11 Å². The summed E-state index contributed by atoms with van der Waals surface area (Å²) in [5.41, 5.74) is 0.869. The predicted octanol–water partition coefficient (Wildman–Crippen LogP) is 8.36. The maximum Gasteiger partial charge on any atom is 0.0554 e. The van der Waals surface area contributed by atoms with E-state index in [2.05, 4.69) is 66.5 Å². The smallest absolute Gasteiger partial charge is 0.0554 e. The van der Waals surface area contributed by atoms with Gasteiger partial charge in [0.15, 0.2) is 0 Å². The summed E-state index contributed by atoms with van der Waals surface area (Å²) < 4.78 is 0.0642. The summed E-state index contributed by atoms with van der Waals surface area (Å²) in [7, 11) is 0. The van der Waals surface area contributed by atoms with Crippen LogP contribution in [-0.4, -0.2) is 20.4 Å². The molecule has 0 heterocycles. The van der Waals surface area contributed by atoms with Gasteiger partial charge in [0, 0.05) is 9.15 Å². The molecular weight excluding hydrogens is 500 g/mol. The van der Waals surface area contributed by atoms with Gasteiger partial charge in [-0.25, -0.2) is 0 Å². The first kappa shape index (κ1) is 24.1. The van der Waals surface area contributed by atoms with E-state index in [0.29, 0.717) is 15.7 Å². The molecule has 0 bridgehead atoms. The third-order valence-electron chi connectivity index (χ3n) is 10.9. The minimum atomic E-state index is -0.134. The van der Waals surface area contributed by atoms with E-state index in [-0.39, 0.29) is 10.4 Å². The summed E-state index contributed by atoms with van der Waals surface area (Å²) in [5, 5.41) is 10.5. The molecule has 4 aliphatic rings. The van der Waals surface area contributed by atoms with Crippen LogP contribution in [0.1, 0.15) is 105 Å². The number of rotatable bonds is 5. The Morgan fingerprint density at radius 2 is 1.70 bits per heavy atom. The molecule has 4 aliphatic carbocycles. The van der Waals surface area contributed by atoms with Crippen LogP contribution in [-0.2, 0) is 0 Å². The number of alkyl halides is 2. The maximum absolute atomic E-state index is 10.5. The highest BCUT2D eigenvalue weighted by atomic mass is 79.9. The summed E-state index contributed by atoms with van der Waals surface area (Å²) in [4.78, 5) is 0.482. The van der Waals surface area contributed by atoms with Crippen molar-refractivity contribution in [3.63, 3.8) is 0 Å². The van der Waals surface area contributed by atoms with E-state index >= 15 is 0 Å². The highest BCUT2D eigenvalue weighted by Crippen LogP contribution is 2.71. The molecule has 0 aromatic rings. The van der Waals surface area contributed by atoms with Crippen LogP contribution >= 0.6 is 31.9 Å². The van der Waals surface area contributed by atoms with E-state index in [0.717, 1.165) is 48.3 Å². The lowest BCUT2D eigenvalue weighted by molar-refractivity contribution is -0.111. The lowest BCUT2D eigenvalue weighted by Gasteiger charge is -2.65. The summed E-state index contributed by atoms with van der Waals surface area (Å²) in [6.07, 6.45) is 14.3. The molecule has 174 valence electrons. The van der Waals surface area contributed by atoms with Crippen molar-refractivity contribution in [1.82, 2.24) is 0 Å². The van der Waals surface area contributed by atoms with E-state index in [1.54, 1.807) is 0 Å². The first-order chi connectivity index (χ1) is 14.0. The fourth-order valence-corrected chi connectivity index (χ4v) is 11.4. The second-order valence-corrected chi connectivity index (χ2v) is 15.3. The van der Waals surface area contributed by atoms with Gasteiger partial charge in [-0.05, 0) is 97.7 Å². The number of aliphatic hydroxyl groups excluding tert-OH is 1. The van der Waals surface area contributed by atoms with Gasteiger partial charge >= 0.3 is 0 Å². The molecule has 0 aromatic heterocycles. The van der Waals surface area contributed by atoms with Crippen molar-refractivity contribution >= 4 is 31.9 Å². The van der Waals surface area contributed by atoms with E-state index in [1.807, 2.05) is 0 Å². The van der Waals surface area contributed by atoms with Gasteiger partial charge in [0.1, 0.15) is 0 Å². The molecule has 4 fully saturated rings. The average molecular weight is 546 g/mol. The Morgan fingerprint density at radius 1 is 0.967 bits per heavy atom. The quantitative estimate of drug-likeness (QED) is 0.344. The largest absolute Gasteiger partial charge is 0.393 e. The summed E-state index contributed by atoms with van der Waals surface area (Å²) in [6, 6.07) is 0. The summed E-state index contributed by atoms with van der Waals surface area (Å²) in [5.74, 6) is 5.26. The Labute approximate surface area is 203 Å². The normalized spacial score (nSPS) is 51.9. The SMILES string of the molecule is CC(C)CCC[C@H](C)[C@@H]1CC[C@@H]2[C@@H]3C[C@H](Br)[C@@]4(Br)C[C@H](O)CC[C@]4(C)[C@H]3CC[C@@]21C. The zero-order valence-corrected chi connectivity index (χ0v) is 23.3. The van der Waals surface area contributed by atoms with Crippen LogP contribution in [0.25, 0.3) is 0 Å². The Morgan fingerprint density at radius 3 is 2.40 bits per heavy atom. The molecular formula is C27H46Br2O. The molecule has 1 nitrogen and oxygen atoms in total. The van der Waals surface area contributed by atoms with Gasteiger partial charge in [0.2, 0.25) is 0 Å². The molecule has 0 aromatic carbocycles. The van der Waals surface area contributed by atoms with Crippen molar-refractivity contribution in [3.05, 3.63) is 0 Å². The van der Waals surface area contributed by atoms with Crippen molar-refractivity contribution in [2.75, 3.05) is 0 Å². The fraction of sp³-hybridized carbons (Fsp3) is 1.00. The minimum absolute atomic E-state index is 0.0642. The third-order valence-corrected chi connectivity index (χ3v) is 14.5. The zero-order chi connectivity index (χ0) is 21.9. The summed E-state index contributed by atoms with van der Waals surface area (Å²) >= 11 is 8.41. The van der Waals surface area contributed by atoms with E-state index in [1.165, 1.54) is 57.8 Å². The zero-order valence-electron chi connectivity index (χ0n) is 20.1. The number of halogens is 2. The summed E-state index contributed by atoms with van der Waals surface area (Å²) in [6.45, 7) is 12.6. The molecule has 0 spiro atoms. The Kier molecular flexibility index (Phi) is 6.90. The predicted molar refractivity (Wildman–Crippen MR) is 135 cm³/mol.